The molecule has 1 saturated heterocycles. The Kier molecular flexibility index (Phi) is 8.61. The second-order valence-electron chi connectivity index (χ2n) is 8.49. The minimum Gasteiger partial charge on any atom is -0.348 e. The predicted octanol–water partition coefficient (Wildman–Crippen LogP) is 3.21. The van der Waals surface area contributed by atoms with E-state index >= 15 is 0 Å². The van der Waals surface area contributed by atoms with Crippen LogP contribution in [0.1, 0.15) is 29.6 Å². The molecule has 0 unspecified atom stereocenters. The lowest BCUT2D eigenvalue weighted by Gasteiger charge is -2.13. The maximum atomic E-state index is 12.5. The molecule has 4 heterocycles. The summed E-state index contributed by atoms with van der Waals surface area (Å²) in [4.78, 5) is 35.5. The number of nitrogens with zero attached hydrogens (tertiary/aromatic N) is 4. The van der Waals surface area contributed by atoms with Crippen molar-refractivity contribution in [3.8, 4) is 0 Å². The highest BCUT2D eigenvalue weighted by molar-refractivity contribution is 5.99. The Morgan fingerprint density at radius 3 is 2.68 bits per heavy atom. The number of aromatic amines is 1. The molecule has 0 aliphatic carbocycles. The number of carbonyl (C=O) groups is 1. The van der Waals surface area contributed by atoms with E-state index in [-0.39, 0.29) is 28.8 Å². The molecule has 1 amide bonds. The first kappa shape index (κ1) is 25.6. The Morgan fingerprint density at radius 2 is 1.97 bits per heavy atom. The van der Waals surface area contributed by atoms with Crippen molar-refractivity contribution in [2.75, 3.05) is 30.3 Å². The maximum Gasteiger partial charge on any atom is 0.256 e. The average Bonchev–Trinajstić information content (AvgIpc) is 3.28. The molecular weight excluding hydrogens is 470 g/mol. The second kappa shape index (κ2) is 12.5. The van der Waals surface area contributed by atoms with E-state index in [1.807, 2.05) is 25.2 Å². The van der Waals surface area contributed by atoms with Crippen molar-refractivity contribution in [3.63, 3.8) is 0 Å². The molecule has 0 bridgehead atoms. The van der Waals surface area contributed by atoms with Gasteiger partial charge < -0.3 is 26.3 Å². The molecule has 5 N–H and O–H groups in total. The van der Waals surface area contributed by atoms with Crippen LogP contribution in [0.3, 0.4) is 0 Å². The highest BCUT2D eigenvalue weighted by atomic mass is 16.1. The number of H-pyrrole nitrogens is 1. The number of nitrogens with one attached hydrogen (secondary N) is 5. The Labute approximate surface area is 214 Å². The Balaban J connectivity index is 0.000000469. The zero-order valence-electron chi connectivity index (χ0n) is 20.8. The summed E-state index contributed by atoms with van der Waals surface area (Å²) in [6, 6.07) is 10.4. The number of anilines is 4. The molecule has 0 atom stereocenters. The molecule has 0 radical (unpaired) electrons. The normalized spacial score (nSPS) is 12.8. The van der Waals surface area contributed by atoms with Crippen LogP contribution in [0.25, 0.3) is 10.9 Å². The number of piperidine rings is 1. The molecule has 11 nitrogen and oxygen atoms in total. The molecular formula is C26H31N9O2. The van der Waals surface area contributed by atoms with Gasteiger partial charge in [0.25, 0.3) is 5.91 Å². The van der Waals surface area contributed by atoms with Gasteiger partial charge in [-0.05, 0) is 50.2 Å². The SMILES string of the molecule is C1CCNCC1.C=CCNC(=O)c1cnc(Nc2ccc3c(cnn3C)c2)nc1Nc1cccc(=O)[nH]1. The standard InChI is InChI=1S/C21H20N8O2.C5H11N/c1-3-9-22-20(31)15-12-23-21(28-19(15)27-17-5-4-6-18(30)26-17)25-14-7-8-16-13(10-14)11-24-29(16)2;1-2-4-6-5-3-1/h3-8,10-12H,1,9H2,2H3,(H,22,31)(H3,23,25,26,27,28,30);6H,1-5H2. The van der Waals surface area contributed by atoms with Crippen molar-refractivity contribution in [2.24, 2.45) is 7.05 Å². The molecule has 5 rings (SSSR count). The van der Waals surface area contributed by atoms with Crippen molar-refractivity contribution in [2.45, 2.75) is 19.3 Å². The van der Waals surface area contributed by atoms with Crippen LogP contribution >= 0.6 is 0 Å². The predicted molar refractivity (Wildman–Crippen MR) is 146 cm³/mol. The zero-order chi connectivity index (χ0) is 26.0. The number of amides is 1. The van der Waals surface area contributed by atoms with Gasteiger partial charge in [-0.25, -0.2) is 4.98 Å². The molecule has 3 aromatic heterocycles. The zero-order valence-corrected chi connectivity index (χ0v) is 20.8. The Bertz CT molecular complexity index is 1410. The van der Waals surface area contributed by atoms with Crippen LogP contribution < -0.4 is 26.8 Å². The molecule has 0 saturated carbocycles. The van der Waals surface area contributed by atoms with Gasteiger partial charge in [-0.3, -0.25) is 14.3 Å². The third-order valence-electron chi connectivity index (χ3n) is 5.67. The molecule has 11 heteroatoms. The highest BCUT2D eigenvalue weighted by Gasteiger charge is 2.15. The molecule has 192 valence electrons. The van der Waals surface area contributed by atoms with E-state index in [4.69, 9.17) is 0 Å². The molecule has 4 aromatic rings. The van der Waals surface area contributed by atoms with Crippen LogP contribution in [0, 0.1) is 0 Å². The Morgan fingerprint density at radius 1 is 1.14 bits per heavy atom. The first-order chi connectivity index (χ1) is 18.0. The van der Waals surface area contributed by atoms with Crippen LogP contribution in [-0.2, 0) is 7.05 Å². The quantitative estimate of drug-likeness (QED) is 0.243. The van der Waals surface area contributed by atoms with E-state index in [2.05, 4.69) is 47.9 Å². The highest BCUT2D eigenvalue weighted by Crippen LogP contribution is 2.23. The molecule has 1 aliphatic rings. The first-order valence-corrected chi connectivity index (χ1v) is 12.2. The number of hydrogen-bond acceptors (Lipinski definition) is 8. The monoisotopic (exact) mass is 501 g/mol. The summed E-state index contributed by atoms with van der Waals surface area (Å²) in [6.07, 6.45) is 8.98. The van der Waals surface area contributed by atoms with Gasteiger partial charge in [0.15, 0.2) is 0 Å². The van der Waals surface area contributed by atoms with Gasteiger partial charge in [0.05, 0.1) is 11.7 Å². The number of hydrogen-bond donors (Lipinski definition) is 5. The lowest BCUT2D eigenvalue weighted by molar-refractivity contribution is 0.0958. The number of benzene rings is 1. The summed E-state index contributed by atoms with van der Waals surface area (Å²) in [5, 5.41) is 17.3. The van der Waals surface area contributed by atoms with Gasteiger partial charge in [0.1, 0.15) is 17.2 Å². The number of rotatable bonds is 7. The molecule has 0 spiro atoms. The topological polar surface area (TPSA) is 142 Å². The van der Waals surface area contributed by atoms with Crippen LogP contribution in [0.15, 0.2) is 66.2 Å². The van der Waals surface area contributed by atoms with E-state index in [1.165, 1.54) is 44.6 Å². The van der Waals surface area contributed by atoms with Crippen molar-refractivity contribution in [1.82, 2.24) is 35.4 Å². The molecule has 1 aliphatic heterocycles. The van der Waals surface area contributed by atoms with Crippen molar-refractivity contribution < 1.29 is 4.79 Å². The number of carbonyl (C=O) groups excluding carboxylic acids is 1. The van der Waals surface area contributed by atoms with Gasteiger partial charge in [-0.15, -0.1) is 6.58 Å². The van der Waals surface area contributed by atoms with Gasteiger partial charge in [-0.1, -0.05) is 18.6 Å². The lowest BCUT2D eigenvalue weighted by Crippen LogP contribution is -2.25. The van der Waals surface area contributed by atoms with Gasteiger partial charge in [0.2, 0.25) is 11.5 Å². The third-order valence-corrected chi connectivity index (χ3v) is 5.67. The second-order valence-corrected chi connectivity index (χ2v) is 8.49. The Hall–Kier alpha value is -4.51. The smallest absolute Gasteiger partial charge is 0.256 e. The summed E-state index contributed by atoms with van der Waals surface area (Å²) < 4.78 is 1.79. The summed E-state index contributed by atoms with van der Waals surface area (Å²) in [7, 11) is 1.88. The maximum absolute atomic E-state index is 12.5. The van der Waals surface area contributed by atoms with Crippen LogP contribution in [0.2, 0.25) is 0 Å². The minimum atomic E-state index is -0.371. The van der Waals surface area contributed by atoms with Crippen LogP contribution in [-0.4, -0.2) is 50.3 Å². The van der Waals surface area contributed by atoms with Crippen LogP contribution in [0.4, 0.5) is 23.3 Å². The van der Waals surface area contributed by atoms with Gasteiger partial charge in [0, 0.05) is 36.9 Å². The van der Waals surface area contributed by atoms with Gasteiger partial charge >= 0.3 is 0 Å². The van der Waals surface area contributed by atoms with Crippen molar-refractivity contribution in [1.29, 1.82) is 0 Å². The molecule has 37 heavy (non-hydrogen) atoms. The van der Waals surface area contributed by atoms with E-state index < -0.39 is 0 Å². The first-order valence-electron chi connectivity index (χ1n) is 12.2. The number of aromatic nitrogens is 5. The lowest BCUT2D eigenvalue weighted by atomic mass is 10.2. The fourth-order valence-electron chi connectivity index (χ4n) is 3.78. The average molecular weight is 502 g/mol. The van der Waals surface area contributed by atoms with E-state index in [1.54, 1.807) is 29.1 Å². The van der Waals surface area contributed by atoms with Gasteiger partial charge in [-0.2, -0.15) is 10.1 Å². The molecule has 1 fully saturated rings. The summed E-state index contributed by atoms with van der Waals surface area (Å²) in [5.41, 5.74) is 1.71. The largest absolute Gasteiger partial charge is 0.348 e. The summed E-state index contributed by atoms with van der Waals surface area (Å²) in [5.74, 6) is 0.545. The van der Waals surface area contributed by atoms with E-state index in [0.29, 0.717) is 12.4 Å². The minimum absolute atomic E-state index is 0.222. The number of aryl methyl sites for hydroxylation is 1. The fourth-order valence-corrected chi connectivity index (χ4v) is 3.78. The summed E-state index contributed by atoms with van der Waals surface area (Å²) in [6.45, 7) is 6.39. The number of fused-ring (bicyclic) bond motifs is 1. The summed E-state index contributed by atoms with van der Waals surface area (Å²) >= 11 is 0. The number of pyridine rings is 1. The van der Waals surface area contributed by atoms with Crippen LogP contribution in [0.5, 0.6) is 0 Å². The molecule has 1 aromatic carbocycles. The fraction of sp³-hybridized carbons (Fsp3) is 0.269. The third kappa shape index (κ3) is 7.01. The van der Waals surface area contributed by atoms with E-state index in [0.717, 1.165) is 16.6 Å². The van der Waals surface area contributed by atoms with Crippen molar-refractivity contribution >= 4 is 40.1 Å². The van der Waals surface area contributed by atoms with Crippen molar-refractivity contribution in [3.05, 3.63) is 77.4 Å². The van der Waals surface area contributed by atoms with E-state index in [9.17, 15) is 9.59 Å².